The SMILES string of the molecule is CC(C)(C)Cc1c(-c2ccc(C#N)cc2)nc2ccc(Cl)cn12. The van der Waals surface area contributed by atoms with Crippen LogP contribution < -0.4 is 0 Å². The molecule has 4 heteroatoms. The molecular formula is C19H18ClN3. The number of aromatic nitrogens is 2. The van der Waals surface area contributed by atoms with E-state index >= 15 is 0 Å². The lowest BCUT2D eigenvalue weighted by Gasteiger charge is -2.19. The van der Waals surface area contributed by atoms with Crippen molar-refractivity contribution in [2.45, 2.75) is 27.2 Å². The van der Waals surface area contributed by atoms with Crippen molar-refractivity contribution < 1.29 is 0 Å². The molecule has 0 N–H and O–H groups in total. The van der Waals surface area contributed by atoms with Gasteiger partial charge >= 0.3 is 0 Å². The van der Waals surface area contributed by atoms with Gasteiger partial charge < -0.3 is 4.40 Å². The second-order valence-electron chi connectivity index (χ2n) is 6.91. The van der Waals surface area contributed by atoms with E-state index in [0.717, 1.165) is 29.0 Å². The molecule has 0 fully saturated rings. The normalized spacial score (nSPS) is 11.6. The lowest BCUT2D eigenvalue weighted by Crippen LogP contribution is -2.11. The Hall–Kier alpha value is -2.31. The molecule has 116 valence electrons. The summed E-state index contributed by atoms with van der Waals surface area (Å²) in [6.45, 7) is 6.62. The average Bonchev–Trinajstić information content (AvgIpc) is 2.84. The number of nitrogens with zero attached hydrogens (tertiary/aromatic N) is 3. The van der Waals surface area contributed by atoms with E-state index in [0.29, 0.717) is 10.6 Å². The molecule has 2 aromatic heterocycles. The second kappa shape index (κ2) is 5.72. The Morgan fingerprint density at radius 1 is 1.13 bits per heavy atom. The van der Waals surface area contributed by atoms with Crippen LogP contribution in [0.1, 0.15) is 32.0 Å². The minimum atomic E-state index is 0.125. The van der Waals surface area contributed by atoms with E-state index in [1.807, 2.05) is 42.6 Å². The molecule has 0 radical (unpaired) electrons. The summed E-state index contributed by atoms with van der Waals surface area (Å²) in [6, 6.07) is 13.5. The summed E-state index contributed by atoms with van der Waals surface area (Å²) < 4.78 is 2.07. The number of halogens is 1. The van der Waals surface area contributed by atoms with Crippen molar-refractivity contribution in [3.05, 3.63) is 58.9 Å². The summed E-state index contributed by atoms with van der Waals surface area (Å²) in [5.41, 5.74) is 4.76. The van der Waals surface area contributed by atoms with Crippen LogP contribution in [0.4, 0.5) is 0 Å². The fourth-order valence-electron chi connectivity index (χ4n) is 2.67. The third-order valence-electron chi connectivity index (χ3n) is 3.67. The van der Waals surface area contributed by atoms with Crippen LogP contribution in [0.3, 0.4) is 0 Å². The highest BCUT2D eigenvalue weighted by molar-refractivity contribution is 6.30. The standard InChI is InChI=1S/C19H18ClN3/c1-19(2,3)10-16-18(14-6-4-13(11-21)5-7-14)22-17-9-8-15(20)12-23(16)17/h4-9,12H,10H2,1-3H3. The third-order valence-corrected chi connectivity index (χ3v) is 3.89. The van der Waals surface area contributed by atoms with E-state index in [1.54, 1.807) is 0 Å². The highest BCUT2D eigenvalue weighted by Gasteiger charge is 2.20. The highest BCUT2D eigenvalue weighted by Crippen LogP contribution is 2.31. The Morgan fingerprint density at radius 2 is 1.83 bits per heavy atom. The van der Waals surface area contributed by atoms with Crippen LogP contribution in [0.25, 0.3) is 16.9 Å². The van der Waals surface area contributed by atoms with Crippen LogP contribution >= 0.6 is 11.6 Å². The van der Waals surface area contributed by atoms with Gasteiger partial charge in [0.05, 0.1) is 28.0 Å². The number of hydrogen-bond acceptors (Lipinski definition) is 2. The predicted molar refractivity (Wildman–Crippen MR) is 93.5 cm³/mol. The molecule has 3 rings (SSSR count). The van der Waals surface area contributed by atoms with Crippen molar-refractivity contribution in [2.75, 3.05) is 0 Å². The number of fused-ring (bicyclic) bond motifs is 1. The van der Waals surface area contributed by atoms with Gasteiger partial charge in [0, 0.05) is 11.8 Å². The van der Waals surface area contributed by atoms with Gasteiger partial charge in [0.2, 0.25) is 0 Å². The first kappa shape index (κ1) is 15.6. The number of rotatable bonds is 2. The maximum absolute atomic E-state index is 8.97. The van der Waals surface area contributed by atoms with Crippen LogP contribution in [0.5, 0.6) is 0 Å². The molecule has 0 saturated carbocycles. The van der Waals surface area contributed by atoms with Crippen LogP contribution in [-0.2, 0) is 6.42 Å². The maximum Gasteiger partial charge on any atom is 0.137 e. The molecule has 0 aliphatic heterocycles. The fraction of sp³-hybridized carbons (Fsp3) is 0.263. The smallest absolute Gasteiger partial charge is 0.137 e. The van der Waals surface area contributed by atoms with Gasteiger partial charge in [0.15, 0.2) is 0 Å². The number of imidazole rings is 1. The van der Waals surface area contributed by atoms with Crippen LogP contribution in [0, 0.1) is 16.7 Å². The molecule has 0 bridgehead atoms. The summed E-state index contributed by atoms with van der Waals surface area (Å²) in [5, 5.41) is 9.66. The van der Waals surface area contributed by atoms with Gasteiger partial charge in [-0.3, -0.25) is 0 Å². The maximum atomic E-state index is 8.97. The van der Waals surface area contributed by atoms with Gasteiger partial charge in [-0.15, -0.1) is 0 Å². The number of benzene rings is 1. The Balaban J connectivity index is 2.22. The van der Waals surface area contributed by atoms with Crippen LogP contribution in [0.15, 0.2) is 42.6 Å². The Labute approximate surface area is 141 Å². The molecule has 23 heavy (non-hydrogen) atoms. The van der Waals surface area contributed by atoms with E-state index in [1.165, 1.54) is 0 Å². The second-order valence-corrected chi connectivity index (χ2v) is 7.35. The highest BCUT2D eigenvalue weighted by atomic mass is 35.5. The number of pyridine rings is 1. The van der Waals surface area contributed by atoms with E-state index < -0.39 is 0 Å². The molecule has 0 amide bonds. The van der Waals surface area contributed by atoms with Crippen molar-refractivity contribution >= 4 is 17.2 Å². The third kappa shape index (κ3) is 3.23. The van der Waals surface area contributed by atoms with Crippen molar-refractivity contribution in [2.24, 2.45) is 5.41 Å². The minimum Gasteiger partial charge on any atom is -0.302 e. The predicted octanol–water partition coefficient (Wildman–Crippen LogP) is 5.11. The van der Waals surface area contributed by atoms with Crippen molar-refractivity contribution in [3.63, 3.8) is 0 Å². The molecule has 3 nitrogen and oxygen atoms in total. The van der Waals surface area contributed by atoms with Gasteiger partial charge in [-0.25, -0.2) is 4.98 Å². The first-order chi connectivity index (χ1) is 10.9. The zero-order valence-electron chi connectivity index (χ0n) is 13.5. The van der Waals surface area contributed by atoms with E-state index in [4.69, 9.17) is 21.8 Å². The molecule has 0 spiro atoms. The molecule has 0 aliphatic rings. The first-order valence-corrected chi connectivity index (χ1v) is 7.92. The van der Waals surface area contributed by atoms with E-state index in [-0.39, 0.29) is 5.41 Å². The van der Waals surface area contributed by atoms with Crippen LogP contribution in [-0.4, -0.2) is 9.38 Å². The molecule has 3 aromatic rings. The zero-order chi connectivity index (χ0) is 16.6. The quantitative estimate of drug-likeness (QED) is 0.657. The summed E-state index contributed by atoms with van der Waals surface area (Å²) in [7, 11) is 0. The molecule has 0 aliphatic carbocycles. The topological polar surface area (TPSA) is 41.1 Å². The van der Waals surface area contributed by atoms with Crippen molar-refractivity contribution in [1.82, 2.24) is 9.38 Å². The van der Waals surface area contributed by atoms with Gasteiger partial charge in [0.1, 0.15) is 5.65 Å². The number of hydrogen-bond donors (Lipinski definition) is 0. The zero-order valence-corrected chi connectivity index (χ0v) is 14.2. The van der Waals surface area contributed by atoms with Gasteiger partial charge in [-0.05, 0) is 36.1 Å². The lowest BCUT2D eigenvalue weighted by atomic mass is 9.89. The van der Waals surface area contributed by atoms with Gasteiger partial charge in [-0.2, -0.15) is 5.26 Å². The Morgan fingerprint density at radius 3 is 2.43 bits per heavy atom. The van der Waals surface area contributed by atoms with Crippen LogP contribution in [0.2, 0.25) is 5.02 Å². The summed E-state index contributed by atoms with van der Waals surface area (Å²) in [5.74, 6) is 0. The Bertz CT molecular complexity index is 893. The Kier molecular flexibility index (Phi) is 3.87. The first-order valence-electron chi connectivity index (χ1n) is 7.54. The number of nitriles is 1. The van der Waals surface area contributed by atoms with Gasteiger partial charge in [-0.1, -0.05) is 44.5 Å². The molecule has 0 atom stereocenters. The molecule has 1 aromatic carbocycles. The monoisotopic (exact) mass is 323 g/mol. The lowest BCUT2D eigenvalue weighted by molar-refractivity contribution is 0.405. The molecule has 0 unspecified atom stereocenters. The molecule has 0 saturated heterocycles. The fourth-order valence-corrected chi connectivity index (χ4v) is 2.83. The largest absolute Gasteiger partial charge is 0.302 e. The van der Waals surface area contributed by atoms with Crippen molar-refractivity contribution in [1.29, 1.82) is 5.26 Å². The molecular weight excluding hydrogens is 306 g/mol. The molecule has 2 heterocycles. The summed E-state index contributed by atoms with van der Waals surface area (Å²) in [4.78, 5) is 4.79. The summed E-state index contributed by atoms with van der Waals surface area (Å²) >= 11 is 6.17. The van der Waals surface area contributed by atoms with E-state index in [2.05, 4.69) is 31.2 Å². The van der Waals surface area contributed by atoms with Gasteiger partial charge in [0.25, 0.3) is 0 Å². The summed E-state index contributed by atoms with van der Waals surface area (Å²) in [6.07, 6.45) is 2.79. The van der Waals surface area contributed by atoms with E-state index in [9.17, 15) is 0 Å². The van der Waals surface area contributed by atoms with Crippen molar-refractivity contribution in [3.8, 4) is 17.3 Å². The average molecular weight is 324 g/mol. The minimum absolute atomic E-state index is 0.125.